The minimum atomic E-state index is 0.202. The Morgan fingerprint density at radius 2 is 1.29 bits per heavy atom. The fraction of sp³-hybridized carbons (Fsp3) is 0.268. The second-order valence-electron chi connectivity index (χ2n) is 13.8. The van der Waals surface area contributed by atoms with Crippen molar-refractivity contribution in [2.75, 3.05) is 34.8 Å². The Balaban J connectivity index is 1.03. The van der Waals surface area contributed by atoms with Gasteiger partial charge >= 0.3 is 0 Å². The number of benzene rings is 4. The summed E-state index contributed by atoms with van der Waals surface area (Å²) in [6, 6.07) is 31.1. The number of hydrogen-bond acceptors (Lipinski definition) is 7. The third kappa shape index (κ3) is 4.00. The SMILES string of the molecule is CC1N(C)C=CN1c1c(CCc2ccccc2N2C=CN3CCCN4C=CN5c6ccccc6C(C32)C45)ccc2c1oc1ccccc12. The van der Waals surface area contributed by atoms with Crippen LogP contribution in [0.1, 0.15) is 36.0 Å². The zero-order valence-corrected chi connectivity index (χ0v) is 27.5. The van der Waals surface area contributed by atoms with Crippen LogP contribution in [-0.4, -0.2) is 53.3 Å². The van der Waals surface area contributed by atoms with E-state index in [1.807, 2.05) is 0 Å². The fourth-order valence-corrected chi connectivity index (χ4v) is 8.95. The molecule has 6 heterocycles. The monoisotopic (exact) mass is 632 g/mol. The molecule has 0 radical (unpaired) electrons. The van der Waals surface area contributed by atoms with E-state index in [0.29, 0.717) is 12.1 Å². The van der Waals surface area contributed by atoms with E-state index in [2.05, 4.69) is 165 Å². The Kier molecular flexibility index (Phi) is 6.14. The summed E-state index contributed by atoms with van der Waals surface area (Å²) in [6.45, 7) is 4.38. The van der Waals surface area contributed by atoms with Crippen molar-refractivity contribution in [3.63, 3.8) is 0 Å². The van der Waals surface area contributed by atoms with Gasteiger partial charge in [0, 0.05) is 79.5 Å². The minimum Gasteiger partial charge on any atom is -0.454 e. The summed E-state index contributed by atoms with van der Waals surface area (Å²) < 4.78 is 6.62. The molecule has 0 spiro atoms. The molecule has 5 aliphatic rings. The van der Waals surface area contributed by atoms with Gasteiger partial charge in [-0.25, -0.2) is 0 Å². The van der Waals surface area contributed by atoms with E-state index in [1.54, 1.807) is 0 Å². The maximum atomic E-state index is 6.62. The lowest BCUT2D eigenvalue weighted by Crippen LogP contribution is -2.53. The molecule has 1 fully saturated rings. The van der Waals surface area contributed by atoms with E-state index in [1.165, 1.54) is 44.5 Å². The zero-order chi connectivity index (χ0) is 31.9. The summed E-state index contributed by atoms with van der Waals surface area (Å²) in [7, 11) is 2.14. The normalized spacial score (nSPS) is 23.9. The molecular weight excluding hydrogens is 592 g/mol. The maximum Gasteiger partial charge on any atom is 0.159 e. The topological polar surface area (TPSA) is 32.6 Å². The maximum absolute atomic E-state index is 6.62. The van der Waals surface area contributed by atoms with Crippen molar-refractivity contribution in [3.8, 4) is 0 Å². The Morgan fingerprint density at radius 3 is 2.08 bits per heavy atom. The lowest BCUT2D eigenvalue weighted by atomic mass is 9.91. The van der Waals surface area contributed by atoms with Gasteiger partial charge in [0.25, 0.3) is 0 Å². The van der Waals surface area contributed by atoms with E-state index < -0.39 is 0 Å². The van der Waals surface area contributed by atoms with Crippen LogP contribution < -0.4 is 14.7 Å². The first kappa shape index (κ1) is 27.8. The van der Waals surface area contributed by atoms with Gasteiger partial charge in [-0.05, 0) is 61.1 Å². The molecule has 4 unspecified atom stereocenters. The number of nitrogens with zero attached hydrogens (tertiary/aromatic N) is 6. The van der Waals surface area contributed by atoms with Crippen LogP contribution >= 0.6 is 0 Å². The fourth-order valence-electron chi connectivity index (χ4n) is 8.95. The third-order valence-corrected chi connectivity index (χ3v) is 11.4. The highest BCUT2D eigenvalue weighted by Gasteiger charge is 2.51. The van der Waals surface area contributed by atoms with Crippen molar-refractivity contribution in [1.29, 1.82) is 0 Å². The van der Waals surface area contributed by atoms with Crippen LogP contribution in [0.4, 0.5) is 17.1 Å². The minimum absolute atomic E-state index is 0.202. The summed E-state index contributed by atoms with van der Waals surface area (Å²) in [5.74, 6) is 0.321. The lowest BCUT2D eigenvalue weighted by molar-refractivity contribution is 0.153. The molecule has 10 rings (SSSR count). The number of para-hydroxylation sites is 3. The standard InChI is InChI=1S/C41H40N6O/c1-28-42(2)22-25-45(28)38-30(18-19-32-31-11-5-8-15-36(31)48-39(32)38)17-16-29-10-3-6-13-34(29)46-26-23-43-20-9-21-44-24-27-47-35-14-7-4-12-33(35)37(40(43)46)41(44)47/h3-8,10-15,18-19,22-28,37,40-41H,9,16-17,20-21H2,1-2H3. The van der Waals surface area contributed by atoms with Gasteiger partial charge in [-0.3, -0.25) is 0 Å². The highest BCUT2D eigenvalue weighted by Crippen LogP contribution is 2.51. The van der Waals surface area contributed by atoms with Crippen molar-refractivity contribution in [2.24, 2.45) is 0 Å². The lowest BCUT2D eigenvalue weighted by Gasteiger charge is -2.44. The largest absolute Gasteiger partial charge is 0.454 e. The molecule has 0 aliphatic carbocycles. The van der Waals surface area contributed by atoms with Crippen molar-refractivity contribution >= 4 is 39.0 Å². The van der Waals surface area contributed by atoms with Crippen molar-refractivity contribution < 1.29 is 4.42 Å². The zero-order valence-electron chi connectivity index (χ0n) is 27.5. The Labute approximate surface area is 281 Å². The highest BCUT2D eigenvalue weighted by atomic mass is 16.3. The number of rotatable bonds is 5. The molecule has 0 bridgehead atoms. The van der Waals surface area contributed by atoms with Gasteiger partial charge < -0.3 is 33.8 Å². The first-order valence-corrected chi connectivity index (χ1v) is 17.4. The molecule has 0 amide bonds. The number of fused-ring (bicyclic) bond motifs is 8. The van der Waals surface area contributed by atoms with Gasteiger partial charge in [-0.1, -0.05) is 66.7 Å². The summed E-state index contributed by atoms with van der Waals surface area (Å²) in [5.41, 5.74) is 9.86. The molecule has 1 saturated heterocycles. The average molecular weight is 633 g/mol. The number of hydrogen-bond donors (Lipinski definition) is 0. The van der Waals surface area contributed by atoms with Gasteiger partial charge in [0.05, 0.1) is 11.6 Å². The number of aryl methyl sites for hydroxylation is 2. The molecule has 0 saturated carbocycles. The van der Waals surface area contributed by atoms with Crippen molar-refractivity contribution in [2.45, 2.75) is 50.6 Å². The summed E-state index contributed by atoms with van der Waals surface area (Å²) in [4.78, 5) is 14.9. The quantitative estimate of drug-likeness (QED) is 0.194. The van der Waals surface area contributed by atoms with Crippen LogP contribution in [0.2, 0.25) is 0 Å². The van der Waals surface area contributed by atoms with Gasteiger partial charge in [0.15, 0.2) is 5.58 Å². The predicted octanol–water partition coefficient (Wildman–Crippen LogP) is 7.98. The molecule has 48 heavy (non-hydrogen) atoms. The molecule has 240 valence electrons. The molecule has 0 N–H and O–H groups in total. The molecule has 5 aliphatic heterocycles. The molecule has 5 aromatic rings. The molecule has 4 atom stereocenters. The van der Waals surface area contributed by atoms with Crippen LogP contribution in [0.25, 0.3) is 21.9 Å². The van der Waals surface area contributed by atoms with Crippen LogP contribution in [0.15, 0.2) is 127 Å². The van der Waals surface area contributed by atoms with Crippen LogP contribution in [0.3, 0.4) is 0 Å². The smallest absolute Gasteiger partial charge is 0.159 e. The van der Waals surface area contributed by atoms with Gasteiger partial charge in [-0.15, -0.1) is 0 Å². The van der Waals surface area contributed by atoms with Gasteiger partial charge in [0.2, 0.25) is 0 Å². The number of anilines is 3. The highest BCUT2D eigenvalue weighted by molar-refractivity contribution is 6.09. The Bertz CT molecular complexity index is 2150. The second-order valence-corrected chi connectivity index (χ2v) is 13.8. The molecule has 1 aromatic heterocycles. The van der Waals surface area contributed by atoms with Gasteiger partial charge in [-0.2, -0.15) is 0 Å². The molecular formula is C41H40N6O. The summed E-state index contributed by atoms with van der Waals surface area (Å²) in [5, 5.41) is 2.34. The van der Waals surface area contributed by atoms with Crippen LogP contribution in [0, 0.1) is 0 Å². The first-order chi connectivity index (χ1) is 23.7. The Morgan fingerprint density at radius 1 is 0.625 bits per heavy atom. The molecule has 4 aromatic carbocycles. The summed E-state index contributed by atoms with van der Waals surface area (Å²) >= 11 is 0. The molecule has 7 nitrogen and oxygen atoms in total. The van der Waals surface area contributed by atoms with Gasteiger partial charge in [0.1, 0.15) is 24.1 Å². The van der Waals surface area contributed by atoms with E-state index in [-0.39, 0.29) is 12.3 Å². The second kappa shape index (κ2) is 10.6. The van der Waals surface area contributed by atoms with E-state index in [4.69, 9.17) is 4.42 Å². The number of furan rings is 1. The van der Waals surface area contributed by atoms with Crippen molar-refractivity contribution in [3.05, 3.63) is 139 Å². The Hall–Kier alpha value is -5.30. The average Bonchev–Trinajstić information content (AvgIpc) is 3.92. The van der Waals surface area contributed by atoms with E-state index in [9.17, 15) is 0 Å². The third-order valence-electron chi connectivity index (χ3n) is 11.4. The van der Waals surface area contributed by atoms with E-state index >= 15 is 0 Å². The van der Waals surface area contributed by atoms with Crippen LogP contribution in [0.5, 0.6) is 0 Å². The summed E-state index contributed by atoms with van der Waals surface area (Å²) in [6.07, 6.45) is 17.3. The van der Waals surface area contributed by atoms with Crippen molar-refractivity contribution in [1.82, 2.24) is 14.7 Å². The van der Waals surface area contributed by atoms with E-state index in [0.717, 1.165) is 43.5 Å². The van der Waals surface area contributed by atoms with Crippen LogP contribution in [-0.2, 0) is 12.8 Å². The predicted molar refractivity (Wildman–Crippen MR) is 194 cm³/mol. The first-order valence-electron chi connectivity index (χ1n) is 17.4. The molecule has 7 heteroatoms.